The monoisotopic (exact) mass is 346 g/mol. The van der Waals surface area contributed by atoms with E-state index in [1.165, 1.54) is 5.56 Å². The summed E-state index contributed by atoms with van der Waals surface area (Å²) in [4.78, 5) is 15.0. The van der Waals surface area contributed by atoms with Crippen LogP contribution in [0.4, 0.5) is 0 Å². The summed E-state index contributed by atoms with van der Waals surface area (Å²) in [5.74, 6) is 0.103. The van der Waals surface area contributed by atoms with Crippen molar-refractivity contribution in [2.75, 3.05) is 20.2 Å². The maximum atomic E-state index is 12.5. The van der Waals surface area contributed by atoms with Gasteiger partial charge >= 0.3 is 0 Å². The van der Waals surface area contributed by atoms with Gasteiger partial charge in [0, 0.05) is 38.7 Å². The van der Waals surface area contributed by atoms with Crippen LogP contribution in [0.3, 0.4) is 0 Å². The third-order valence-electron chi connectivity index (χ3n) is 5.61. The van der Waals surface area contributed by atoms with Crippen LogP contribution in [0.15, 0.2) is 30.3 Å². The average Bonchev–Trinajstić information content (AvgIpc) is 2.64. The molecular formula is C20H30N2O3. The number of rotatable bonds is 5. The van der Waals surface area contributed by atoms with Gasteiger partial charge < -0.3 is 15.2 Å². The molecule has 138 valence electrons. The standard InChI is InChI=1S/C20H30N2O3/c1-25-19-13-16(7-8-18(19)23)20(24)21-17-9-11-22(12-10-17)14-15-5-3-2-4-6-15/h2-6,16-19,23H,7-14H2,1H3,(H,21,24)/t16-,18+,19-/m1/s1. The van der Waals surface area contributed by atoms with E-state index in [1.54, 1.807) is 7.11 Å². The molecule has 0 radical (unpaired) electrons. The van der Waals surface area contributed by atoms with Gasteiger partial charge in [0.2, 0.25) is 5.91 Å². The Balaban J connectivity index is 1.42. The lowest BCUT2D eigenvalue weighted by Crippen LogP contribution is -2.48. The Hall–Kier alpha value is -1.43. The zero-order chi connectivity index (χ0) is 17.6. The van der Waals surface area contributed by atoms with Gasteiger partial charge in [-0.1, -0.05) is 30.3 Å². The zero-order valence-electron chi connectivity index (χ0n) is 15.1. The summed E-state index contributed by atoms with van der Waals surface area (Å²) in [5.41, 5.74) is 1.34. The summed E-state index contributed by atoms with van der Waals surface area (Å²) in [6.07, 6.45) is 3.37. The minimum absolute atomic E-state index is 0.0318. The normalized spacial score (nSPS) is 28.6. The van der Waals surface area contributed by atoms with Crippen molar-refractivity contribution in [3.05, 3.63) is 35.9 Å². The van der Waals surface area contributed by atoms with Gasteiger partial charge in [0.25, 0.3) is 0 Å². The highest BCUT2D eigenvalue weighted by atomic mass is 16.5. The van der Waals surface area contributed by atoms with Crippen LogP contribution in [0.5, 0.6) is 0 Å². The lowest BCUT2D eigenvalue weighted by molar-refractivity contribution is -0.131. The molecule has 1 saturated heterocycles. The van der Waals surface area contributed by atoms with E-state index in [-0.39, 0.29) is 24.0 Å². The fourth-order valence-corrected chi connectivity index (χ4v) is 4.00. The van der Waals surface area contributed by atoms with Crippen molar-refractivity contribution in [2.24, 2.45) is 5.92 Å². The van der Waals surface area contributed by atoms with Crippen molar-refractivity contribution in [3.63, 3.8) is 0 Å². The molecule has 3 rings (SSSR count). The van der Waals surface area contributed by atoms with Crippen molar-refractivity contribution < 1.29 is 14.6 Å². The number of piperidine rings is 1. The number of carbonyl (C=O) groups is 1. The minimum Gasteiger partial charge on any atom is -0.390 e. The molecule has 2 N–H and O–H groups in total. The van der Waals surface area contributed by atoms with Gasteiger partial charge in [0.05, 0.1) is 12.2 Å². The molecular weight excluding hydrogens is 316 g/mol. The second kappa shape index (κ2) is 8.79. The lowest BCUT2D eigenvalue weighted by atomic mass is 9.84. The maximum absolute atomic E-state index is 12.5. The molecule has 0 unspecified atom stereocenters. The summed E-state index contributed by atoms with van der Waals surface area (Å²) in [6, 6.07) is 10.8. The molecule has 0 spiro atoms. The highest BCUT2D eigenvalue weighted by molar-refractivity contribution is 5.79. The Kier molecular flexibility index (Phi) is 6.45. The SMILES string of the molecule is CO[C@@H]1C[C@H](C(=O)NC2CCN(Cc3ccccc3)CC2)CC[C@@H]1O. The lowest BCUT2D eigenvalue weighted by Gasteiger charge is -2.35. The number of nitrogens with one attached hydrogen (secondary N) is 1. The molecule has 1 amide bonds. The number of methoxy groups -OCH3 is 1. The topological polar surface area (TPSA) is 61.8 Å². The first kappa shape index (κ1) is 18.4. The molecule has 3 atom stereocenters. The number of likely N-dealkylation sites (tertiary alicyclic amines) is 1. The van der Waals surface area contributed by atoms with Crippen LogP contribution in [0.25, 0.3) is 0 Å². The first-order valence-electron chi connectivity index (χ1n) is 9.43. The van der Waals surface area contributed by atoms with Gasteiger partial charge in [0.1, 0.15) is 0 Å². The number of nitrogens with zero attached hydrogens (tertiary/aromatic N) is 1. The van der Waals surface area contributed by atoms with Crippen LogP contribution in [-0.4, -0.2) is 54.4 Å². The molecule has 25 heavy (non-hydrogen) atoms. The Labute approximate surface area is 150 Å². The largest absolute Gasteiger partial charge is 0.390 e. The van der Waals surface area contributed by atoms with E-state index in [0.29, 0.717) is 12.8 Å². The van der Waals surface area contributed by atoms with Crippen LogP contribution in [0.1, 0.15) is 37.7 Å². The number of ether oxygens (including phenoxy) is 1. The summed E-state index contributed by atoms with van der Waals surface area (Å²) >= 11 is 0. The average molecular weight is 346 g/mol. The molecule has 1 aliphatic carbocycles. The second-order valence-corrected chi connectivity index (χ2v) is 7.40. The van der Waals surface area contributed by atoms with Crippen LogP contribution >= 0.6 is 0 Å². The summed E-state index contributed by atoms with van der Waals surface area (Å²) < 4.78 is 5.31. The highest BCUT2D eigenvalue weighted by Gasteiger charge is 2.34. The number of amides is 1. The molecule has 1 aliphatic heterocycles. The second-order valence-electron chi connectivity index (χ2n) is 7.40. The van der Waals surface area contributed by atoms with E-state index in [1.807, 2.05) is 6.07 Å². The van der Waals surface area contributed by atoms with Crippen molar-refractivity contribution >= 4 is 5.91 Å². The van der Waals surface area contributed by atoms with Gasteiger partial charge in [0.15, 0.2) is 0 Å². The molecule has 0 aromatic heterocycles. The Morgan fingerprint density at radius 2 is 1.92 bits per heavy atom. The predicted octanol–water partition coefficient (Wildman–Crippen LogP) is 1.94. The van der Waals surface area contributed by atoms with E-state index in [4.69, 9.17) is 4.74 Å². The first-order chi connectivity index (χ1) is 12.2. The smallest absolute Gasteiger partial charge is 0.223 e. The fraction of sp³-hybridized carbons (Fsp3) is 0.650. The molecule has 1 aromatic rings. The quantitative estimate of drug-likeness (QED) is 0.855. The Morgan fingerprint density at radius 3 is 2.60 bits per heavy atom. The third-order valence-corrected chi connectivity index (χ3v) is 5.61. The number of benzene rings is 1. The predicted molar refractivity (Wildman–Crippen MR) is 97.0 cm³/mol. The van der Waals surface area contributed by atoms with E-state index in [0.717, 1.165) is 38.9 Å². The van der Waals surface area contributed by atoms with E-state index >= 15 is 0 Å². The highest BCUT2D eigenvalue weighted by Crippen LogP contribution is 2.27. The maximum Gasteiger partial charge on any atom is 0.223 e. The van der Waals surface area contributed by atoms with E-state index in [2.05, 4.69) is 34.5 Å². The Morgan fingerprint density at radius 1 is 1.20 bits per heavy atom. The molecule has 1 heterocycles. The molecule has 2 fully saturated rings. The van der Waals surface area contributed by atoms with Gasteiger partial charge in [-0.15, -0.1) is 0 Å². The summed E-state index contributed by atoms with van der Waals surface area (Å²) in [7, 11) is 1.61. The number of hydrogen-bond acceptors (Lipinski definition) is 4. The first-order valence-corrected chi connectivity index (χ1v) is 9.43. The van der Waals surface area contributed by atoms with Crippen LogP contribution in [0, 0.1) is 5.92 Å². The van der Waals surface area contributed by atoms with Crippen molar-refractivity contribution in [1.82, 2.24) is 10.2 Å². The van der Waals surface area contributed by atoms with Gasteiger partial charge in [-0.3, -0.25) is 9.69 Å². The van der Waals surface area contributed by atoms with Crippen LogP contribution in [-0.2, 0) is 16.1 Å². The van der Waals surface area contributed by atoms with Gasteiger partial charge in [-0.05, 0) is 37.7 Å². The minimum atomic E-state index is -0.435. The van der Waals surface area contributed by atoms with Crippen LogP contribution < -0.4 is 5.32 Å². The summed E-state index contributed by atoms with van der Waals surface area (Å²) in [6.45, 7) is 3.02. The van der Waals surface area contributed by atoms with E-state index in [9.17, 15) is 9.90 Å². The van der Waals surface area contributed by atoms with Gasteiger partial charge in [-0.25, -0.2) is 0 Å². The van der Waals surface area contributed by atoms with Gasteiger partial charge in [-0.2, -0.15) is 0 Å². The number of aliphatic hydroxyl groups excluding tert-OH is 1. The fourth-order valence-electron chi connectivity index (χ4n) is 4.00. The summed E-state index contributed by atoms with van der Waals surface area (Å²) in [5, 5.41) is 13.1. The third kappa shape index (κ3) is 5.03. The molecule has 1 aromatic carbocycles. The van der Waals surface area contributed by atoms with E-state index < -0.39 is 6.10 Å². The van der Waals surface area contributed by atoms with Crippen molar-refractivity contribution in [2.45, 2.75) is 56.9 Å². The molecule has 5 heteroatoms. The zero-order valence-corrected chi connectivity index (χ0v) is 15.1. The van der Waals surface area contributed by atoms with Crippen molar-refractivity contribution in [3.8, 4) is 0 Å². The number of hydrogen-bond donors (Lipinski definition) is 2. The molecule has 1 saturated carbocycles. The molecule has 2 aliphatic rings. The van der Waals surface area contributed by atoms with Crippen molar-refractivity contribution in [1.29, 1.82) is 0 Å². The molecule has 0 bridgehead atoms. The Bertz CT molecular complexity index is 543. The molecule has 5 nitrogen and oxygen atoms in total. The number of aliphatic hydroxyl groups is 1. The number of carbonyl (C=O) groups excluding carboxylic acids is 1. The van der Waals surface area contributed by atoms with Crippen LogP contribution in [0.2, 0.25) is 0 Å².